The largest absolute Gasteiger partial charge is 0.369 e. The third kappa shape index (κ3) is 2.10. The highest BCUT2D eigenvalue weighted by molar-refractivity contribution is 5.91. The van der Waals surface area contributed by atoms with E-state index >= 15 is 0 Å². The highest BCUT2D eigenvalue weighted by atomic mass is 16.1. The molecular weight excluding hydrogens is 224 g/mol. The molecule has 1 aromatic heterocycles. The van der Waals surface area contributed by atoms with E-state index in [0.29, 0.717) is 0 Å². The van der Waals surface area contributed by atoms with Gasteiger partial charge in [-0.25, -0.2) is 0 Å². The SMILES string of the molecule is C#CC(C)(C)Nc1cc(=O)n(C)c2ccccc12. The molecule has 0 saturated heterocycles. The molecule has 0 fully saturated rings. The zero-order valence-electron chi connectivity index (χ0n) is 10.8. The summed E-state index contributed by atoms with van der Waals surface area (Å²) in [6.07, 6.45) is 5.47. The van der Waals surface area contributed by atoms with Gasteiger partial charge in [0.25, 0.3) is 5.56 Å². The number of nitrogens with zero attached hydrogens (tertiary/aromatic N) is 1. The highest BCUT2D eigenvalue weighted by Crippen LogP contribution is 2.23. The summed E-state index contributed by atoms with van der Waals surface area (Å²) in [7, 11) is 1.76. The van der Waals surface area contributed by atoms with Crippen LogP contribution in [-0.4, -0.2) is 10.1 Å². The van der Waals surface area contributed by atoms with E-state index in [9.17, 15) is 4.79 Å². The Kier molecular flexibility index (Phi) is 2.88. The Hall–Kier alpha value is -2.21. The zero-order valence-corrected chi connectivity index (χ0v) is 10.8. The maximum Gasteiger partial charge on any atom is 0.252 e. The molecule has 2 rings (SSSR count). The summed E-state index contributed by atoms with van der Waals surface area (Å²) in [6, 6.07) is 9.34. The molecule has 0 bridgehead atoms. The number of anilines is 1. The van der Waals surface area contributed by atoms with Crippen LogP contribution >= 0.6 is 0 Å². The minimum atomic E-state index is -0.491. The molecule has 1 heterocycles. The fourth-order valence-electron chi connectivity index (χ4n) is 1.89. The minimum absolute atomic E-state index is 0.0518. The van der Waals surface area contributed by atoms with Crippen LogP contribution in [0.2, 0.25) is 0 Å². The molecule has 0 atom stereocenters. The Morgan fingerprint density at radius 2 is 2.00 bits per heavy atom. The quantitative estimate of drug-likeness (QED) is 0.818. The van der Waals surface area contributed by atoms with Crippen LogP contribution in [0, 0.1) is 12.3 Å². The van der Waals surface area contributed by atoms with E-state index in [-0.39, 0.29) is 5.56 Å². The number of aryl methyl sites for hydroxylation is 1. The Bertz CT molecular complexity index is 690. The van der Waals surface area contributed by atoms with Gasteiger partial charge >= 0.3 is 0 Å². The van der Waals surface area contributed by atoms with E-state index in [4.69, 9.17) is 6.42 Å². The first-order chi connectivity index (χ1) is 8.44. The molecule has 92 valence electrons. The van der Waals surface area contributed by atoms with Crippen LogP contribution in [-0.2, 0) is 7.05 Å². The van der Waals surface area contributed by atoms with E-state index < -0.39 is 5.54 Å². The second kappa shape index (κ2) is 4.23. The molecule has 0 aliphatic rings. The molecule has 0 aliphatic carbocycles. The number of terminal acetylenes is 1. The van der Waals surface area contributed by atoms with Gasteiger partial charge in [0.1, 0.15) is 0 Å². The summed E-state index contributed by atoms with van der Waals surface area (Å²) >= 11 is 0. The van der Waals surface area contributed by atoms with Crippen molar-refractivity contribution in [1.29, 1.82) is 0 Å². The standard InChI is InChI=1S/C15H16N2O/c1-5-15(2,3)16-12-10-14(18)17(4)13-9-7-6-8-11(12)13/h1,6-10,16H,2-4H3. The molecule has 0 radical (unpaired) electrons. The van der Waals surface area contributed by atoms with Gasteiger partial charge in [0.2, 0.25) is 0 Å². The van der Waals surface area contributed by atoms with Gasteiger partial charge in [-0.3, -0.25) is 4.79 Å². The zero-order chi connectivity index (χ0) is 13.3. The summed E-state index contributed by atoms with van der Waals surface area (Å²) in [5.41, 5.74) is 1.12. The van der Waals surface area contributed by atoms with Crippen molar-refractivity contribution in [2.24, 2.45) is 7.05 Å². The second-order valence-electron chi connectivity index (χ2n) is 4.87. The van der Waals surface area contributed by atoms with Gasteiger partial charge in [-0.1, -0.05) is 24.1 Å². The van der Waals surface area contributed by atoms with Crippen LogP contribution in [0.4, 0.5) is 5.69 Å². The lowest BCUT2D eigenvalue weighted by Crippen LogP contribution is -2.30. The average molecular weight is 240 g/mol. The van der Waals surface area contributed by atoms with Crippen molar-refractivity contribution in [1.82, 2.24) is 4.57 Å². The van der Waals surface area contributed by atoms with Gasteiger partial charge in [0, 0.05) is 18.5 Å². The normalized spacial score (nSPS) is 11.2. The lowest BCUT2D eigenvalue weighted by Gasteiger charge is -2.22. The summed E-state index contributed by atoms with van der Waals surface area (Å²) in [5.74, 6) is 2.67. The fourth-order valence-corrected chi connectivity index (χ4v) is 1.89. The molecule has 3 nitrogen and oxygen atoms in total. The third-order valence-corrected chi connectivity index (χ3v) is 2.96. The van der Waals surface area contributed by atoms with Crippen LogP contribution < -0.4 is 10.9 Å². The highest BCUT2D eigenvalue weighted by Gasteiger charge is 2.15. The predicted molar refractivity (Wildman–Crippen MR) is 75.7 cm³/mol. The van der Waals surface area contributed by atoms with Crippen LogP contribution in [0.5, 0.6) is 0 Å². The van der Waals surface area contributed by atoms with Crippen molar-refractivity contribution < 1.29 is 0 Å². The van der Waals surface area contributed by atoms with Crippen molar-refractivity contribution >= 4 is 16.6 Å². The molecular formula is C15H16N2O. The van der Waals surface area contributed by atoms with Crippen molar-refractivity contribution in [3.63, 3.8) is 0 Å². The summed E-state index contributed by atoms with van der Waals surface area (Å²) in [4.78, 5) is 11.9. The first kappa shape index (κ1) is 12.3. The number of benzene rings is 1. The molecule has 18 heavy (non-hydrogen) atoms. The number of hydrogen-bond acceptors (Lipinski definition) is 2. The summed E-state index contributed by atoms with van der Waals surface area (Å²) < 4.78 is 1.63. The van der Waals surface area contributed by atoms with Crippen molar-refractivity contribution in [3.05, 3.63) is 40.7 Å². The first-order valence-electron chi connectivity index (χ1n) is 5.79. The smallest absolute Gasteiger partial charge is 0.252 e. The summed E-state index contributed by atoms with van der Waals surface area (Å²) in [6.45, 7) is 3.80. The lowest BCUT2D eigenvalue weighted by atomic mass is 10.1. The Morgan fingerprint density at radius 1 is 1.33 bits per heavy atom. The van der Waals surface area contributed by atoms with Crippen LogP contribution in [0.3, 0.4) is 0 Å². The Morgan fingerprint density at radius 3 is 2.67 bits per heavy atom. The maximum absolute atomic E-state index is 11.9. The number of fused-ring (bicyclic) bond motifs is 1. The van der Waals surface area contributed by atoms with Crippen molar-refractivity contribution in [2.45, 2.75) is 19.4 Å². The van der Waals surface area contributed by atoms with Crippen LogP contribution in [0.25, 0.3) is 10.9 Å². The molecule has 0 spiro atoms. The van der Waals surface area contributed by atoms with Gasteiger partial charge in [-0.2, -0.15) is 0 Å². The number of aromatic nitrogens is 1. The van der Waals surface area contributed by atoms with Gasteiger partial charge < -0.3 is 9.88 Å². The van der Waals surface area contributed by atoms with E-state index in [1.165, 1.54) is 0 Å². The van der Waals surface area contributed by atoms with E-state index in [2.05, 4.69) is 11.2 Å². The van der Waals surface area contributed by atoms with Gasteiger partial charge in [0.05, 0.1) is 16.7 Å². The van der Waals surface area contributed by atoms with Gasteiger partial charge in [-0.05, 0) is 19.9 Å². The van der Waals surface area contributed by atoms with Crippen LogP contribution in [0.15, 0.2) is 35.1 Å². The Labute approximate surface area is 106 Å². The molecule has 0 saturated carbocycles. The first-order valence-corrected chi connectivity index (χ1v) is 5.79. The average Bonchev–Trinajstić information content (AvgIpc) is 2.35. The molecule has 0 aliphatic heterocycles. The molecule has 1 aromatic carbocycles. The number of hydrogen-bond donors (Lipinski definition) is 1. The molecule has 0 unspecified atom stereocenters. The number of para-hydroxylation sites is 1. The van der Waals surface area contributed by atoms with Crippen LogP contribution in [0.1, 0.15) is 13.8 Å². The molecule has 2 aromatic rings. The number of rotatable bonds is 2. The predicted octanol–water partition coefficient (Wildman–Crippen LogP) is 2.36. The molecule has 3 heteroatoms. The van der Waals surface area contributed by atoms with Crippen molar-refractivity contribution in [2.75, 3.05) is 5.32 Å². The van der Waals surface area contributed by atoms with E-state index in [1.54, 1.807) is 17.7 Å². The molecule has 0 amide bonds. The van der Waals surface area contributed by atoms with Crippen molar-refractivity contribution in [3.8, 4) is 12.3 Å². The van der Waals surface area contributed by atoms with Gasteiger partial charge in [0.15, 0.2) is 0 Å². The molecule has 1 N–H and O–H groups in total. The monoisotopic (exact) mass is 240 g/mol. The summed E-state index contributed by atoms with van der Waals surface area (Å²) in [5, 5.41) is 4.22. The topological polar surface area (TPSA) is 34.0 Å². The third-order valence-electron chi connectivity index (χ3n) is 2.96. The maximum atomic E-state index is 11.9. The fraction of sp³-hybridized carbons (Fsp3) is 0.267. The second-order valence-corrected chi connectivity index (χ2v) is 4.87. The minimum Gasteiger partial charge on any atom is -0.369 e. The Balaban J connectivity index is 2.70. The van der Waals surface area contributed by atoms with E-state index in [0.717, 1.165) is 16.6 Å². The number of nitrogens with one attached hydrogen (secondary N) is 1. The van der Waals surface area contributed by atoms with E-state index in [1.807, 2.05) is 38.1 Å². The van der Waals surface area contributed by atoms with Gasteiger partial charge in [-0.15, -0.1) is 6.42 Å². The number of pyridine rings is 1. The lowest BCUT2D eigenvalue weighted by molar-refractivity contribution is 0.741.